The highest BCUT2D eigenvalue weighted by molar-refractivity contribution is 5.15. The third-order valence-electron chi connectivity index (χ3n) is 2.07. The molecule has 1 rings (SSSR count). The van der Waals surface area contributed by atoms with Crippen LogP contribution in [0.15, 0.2) is 30.3 Å². The lowest BCUT2D eigenvalue weighted by Crippen LogP contribution is -2.13. The first-order chi connectivity index (χ1) is 7.36. The van der Waals surface area contributed by atoms with Crippen LogP contribution in [0, 0.1) is 11.3 Å². The van der Waals surface area contributed by atoms with Crippen LogP contribution >= 0.6 is 0 Å². The molecule has 0 aliphatic heterocycles. The van der Waals surface area contributed by atoms with E-state index in [0.29, 0.717) is 6.42 Å². The molecule has 80 valence electrons. The molecule has 0 heterocycles. The van der Waals surface area contributed by atoms with Crippen LogP contribution in [-0.2, 0) is 15.9 Å². The van der Waals surface area contributed by atoms with Gasteiger partial charge in [-0.3, -0.25) is 0 Å². The molecule has 15 heavy (non-hydrogen) atoms. The van der Waals surface area contributed by atoms with Crippen molar-refractivity contribution in [2.24, 2.45) is 0 Å². The number of hydrogen-bond donors (Lipinski definition) is 0. The zero-order chi connectivity index (χ0) is 10.9. The predicted octanol–water partition coefficient (Wildman–Crippen LogP) is 2.13. The van der Waals surface area contributed by atoms with Gasteiger partial charge in [0.15, 0.2) is 0 Å². The lowest BCUT2D eigenvalue weighted by atomic mass is 10.1. The van der Waals surface area contributed by atoms with Gasteiger partial charge in [-0.15, -0.1) is 0 Å². The molecule has 1 aromatic rings. The fourth-order valence-corrected chi connectivity index (χ4v) is 1.28. The first-order valence-corrected chi connectivity index (χ1v) is 4.91. The molecule has 0 spiro atoms. The summed E-state index contributed by atoms with van der Waals surface area (Å²) in [4.78, 5) is 0. The first-order valence-electron chi connectivity index (χ1n) is 4.91. The Balaban J connectivity index is 2.32. The highest BCUT2D eigenvalue weighted by Crippen LogP contribution is 2.06. The molecule has 0 amide bonds. The second-order valence-corrected chi connectivity index (χ2v) is 3.22. The van der Waals surface area contributed by atoms with Crippen LogP contribution in [0.5, 0.6) is 0 Å². The van der Waals surface area contributed by atoms with Gasteiger partial charge in [-0.05, 0) is 18.4 Å². The average Bonchev–Trinajstić information content (AvgIpc) is 2.31. The summed E-state index contributed by atoms with van der Waals surface area (Å²) in [5.41, 5.74) is 1.22. The van der Waals surface area contributed by atoms with Gasteiger partial charge in [0.2, 0.25) is 0 Å². The normalized spacial score (nSPS) is 12.0. The Bertz CT molecular complexity index is 305. The number of methoxy groups -OCH3 is 1. The second kappa shape index (κ2) is 6.99. The molecule has 0 aromatic heterocycles. The molecule has 0 aliphatic carbocycles. The molecule has 0 aliphatic rings. The quantitative estimate of drug-likeness (QED) is 0.668. The van der Waals surface area contributed by atoms with Gasteiger partial charge in [0.05, 0.1) is 6.07 Å². The van der Waals surface area contributed by atoms with Crippen molar-refractivity contribution in [3.8, 4) is 6.07 Å². The van der Waals surface area contributed by atoms with Gasteiger partial charge in [-0.25, -0.2) is 0 Å². The maximum atomic E-state index is 8.80. The fourth-order valence-electron chi connectivity index (χ4n) is 1.28. The monoisotopic (exact) mass is 205 g/mol. The lowest BCUT2D eigenvalue weighted by Gasteiger charge is -2.09. The highest BCUT2D eigenvalue weighted by Gasteiger charge is 2.07. The summed E-state index contributed by atoms with van der Waals surface area (Å²) in [7, 11) is 1.55. The van der Waals surface area contributed by atoms with Crippen molar-refractivity contribution >= 4 is 0 Å². The van der Waals surface area contributed by atoms with E-state index in [0.717, 1.165) is 6.42 Å². The van der Waals surface area contributed by atoms with Crippen LogP contribution in [0.1, 0.15) is 12.0 Å². The van der Waals surface area contributed by atoms with Crippen molar-refractivity contribution in [3.05, 3.63) is 35.9 Å². The van der Waals surface area contributed by atoms with Gasteiger partial charge in [0.1, 0.15) is 12.9 Å². The maximum Gasteiger partial charge on any atom is 0.148 e. The second-order valence-electron chi connectivity index (χ2n) is 3.22. The van der Waals surface area contributed by atoms with E-state index in [-0.39, 0.29) is 12.9 Å². The Kier molecular flexibility index (Phi) is 5.46. The SMILES string of the molecule is COCOC(C#N)CCc1ccccc1. The Morgan fingerprint density at radius 1 is 1.33 bits per heavy atom. The van der Waals surface area contributed by atoms with Crippen molar-refractivity contribution in [1.82, 2.24) is 0 Å². The molecular formula is C12H15NO2. The van der Waals surface area contributed by atoms with Crippen LogP contribution in [0.25, 0.3) is 0 Å². The summed E-state index contributed by atoms with van der Waals surface area (Å²) in [6.07, 6.45) is 1.16. The molecule has 0 radical (unpaired) electrons. The number of ether oxygens (including phenoxy) is 2. The van der Waals surface area contributed by atoms with E-state index < -0.39 is 0 Å². The topological polar surface area (TPSA) is 42.2 Å². The zero-order valence-corrected chi connectivity index (χ0v) is 8.85. The highest BCUT2D eigenvalue weighted by atomic mass is 16.7. The van der Waals surface area contributed by atoms with Crippen LogP contribution in [-0.4, -0.2) is 20.0 Å². The number of benzene rings is 1. The molecule has 0 fully saturated rings. The van der Waals surface area contributed by atoms with Gasteiger partial charge in [-0.1, -0.05) is 30.3 Å². The minimum absolute atomic E-state index is 0.174. The van der Waals surface area contributed by atoms with Gasteiger partial charge in [-0.2, -0.15) is 5.26 Å². The molecular weight excluding hydrogens is 190 g/mol. The number of hydrogen-bond acceptors (Lipinski definition) is 3. The van der Waals surface area contributed by atoms with E-state index in [1.54, 1.807) is 7.11 Å². The largest absolute Gasteiger partial charge is 0.359 e. The Morgan fingerprint density at radius 3 is 2.67 bits per heavy atom. The van der Waals surface area contributed by atoms with Crippen molar-refractivity contribution in [2.45, 2.75) is 18.9 Å². The smallest absolute Gasteiger partial charge is 0.148 e. The van der Waals surface area contributed by atoms with E-state index in [1.807, 2.05) is 30.3 Å². The molecule has 0 saturated heterocycles. The molecule has 0 bridgehead atoms. The standard InChI is InChI=1S/C12H15NO2/c1-14-10-15-12(9-13)8-7-11-5-3-2-4-6-11/h2-6,12H,7-8,10H2,1H3. The Labute approximate surface area is 90.2 Å². The van der Waals surface area contributed by atoms with Gasteiger partial charge >= 0.3 is 0 Å². The summed E-state index contributed by atoms with van der Waals surface area (Å²) in [5.74, 6) is 0. The maximum absolute atomic E-state index is 8.80. The zero-order valence-electron chi connectivity index (χ0n) is 8.85. The summed E-state index contributed by atoms with van der Waals surface area (Å²) >= 11 is 0. The average molecular weight is 205 g/mol. The molecule has 0 saturated carbocycles. The Hall–Kier alpha value is -1.37. The van der Waals surface area contributed by atoms with Crippen molar-refractivity contribution in [2.75, 3.05) is 13.9 Å². The van der Waals surface area contributed by atoms with E-state index in [1.165, 1.54) is 5.56 Å². The van der Waals surface area contributed by atoms with Crippen LogP contribution < -0.4 is 0 Å². The van der Waals surface area contributed by atoms with Crippen molar-refractivity contribution in [3.63, 3.8) is 0 Å². The van der Waals surface area contributed by atoms with Gasteiger partial charge < -0.3 is 9.47 Å². The molecule has 3 heteroatoms. The Morgan fingerprint density at radius 2 is 2.07 bits per heavy atom. The number of nitriles is 1. The number of aryl methyl sites for hydroxylation is 1. The molecule has 1 aromatic carbocycles. The van der Waals surface area contributed by atoms with E-state index in [9.17, 15) is 0 Å². The van der Waals surface area contributed by atoms with E-state index in [2.05, 4.69) is 6.07 Å². The number of nitrogens with zero attached hydrogens (tertiary/aromatic N) is 1. The third-order valence-corrected chi connectivity index (χ3v) is 2.07. The van der Waals surface area contributed by atoms with E-state index >= 15 is 0 Å². The molecule has 1 unspecified atom stereocenters. The van der Waals surface area contributed by atoms with Gasteiger partial charge in [0, 0.05) is 7.11 Å². The summed E-state index contributed by atoms with van der Waals surface area (Å²) in [5, 5.41) is 8.80. The van der Waals surface area contributed by atoms with Crippen molar-refractivity contribution < 1.29 is 9.47 Å². The molecule has 3 nitrogen and oxygen atoms in total. The minimum atomic E-state index is -0.384. The fraction of sp³-hybridized carbons (Fsp3) is 0.417. The van der Waals surface area contributed by atoms with Crippen molar-refractivity contribution in [1.29, 1.82) is 5.26 Å². The number of rotatable bonds is 6. The summed E-state index contributed by atoms with van der Waals surface area (Å²) < 4.78 is 9.93. The van der Waals surface area contributed by atoms with Gasteiger partial charge in [0.25, 0.3) is 0 Å². The van der Waals surface area contributed by atoms with E-state index in [4.69, 9.17) is 14.7 Å². The summed E-state index contributed by atoms with van der Waals surface area (Å²) in [6, 6.07) is 12.2. The lowest BCUT2D eigenvalue weighted by molar-refractivity contribution is -0.0547. The van der Waals surface area contributed by atoms with Crippen LogP contribution in [0.4, 0.5) is 0 Å². The minimum Gasteiger partial charge on any atom is -0.359 e. The molecule has 1 atom stereocenters. The molecule has 0 N–H and O–H groups in total. The van der Waals surface area contributed by atoms with Crippen LogP contribution in [0.3, 0.4) is 0 Å². The third kappa shape index (κ3) is 4.59. The first kappa shape index (κ1) is 11.7. The summed E-state index contributed by atoms with van der Waals surface area (Å²) in [6.45, 7) is 0.174. The predicted molar refractivity (Wildman–Crippen MR) is 57.1 cm³/mol. The van der Waals surface area contributed by atoms with Crippen LogP contribution in [0.2, 0.25) is 0 Å².